The van der Waals surface area contributed by atoms with Crippen molar-refractivity contribution in [2.75, 3.05) is 24.7 Å². The summed E-state index contributed by atoms with van der Waals surface area (Å²) in [4.78, 5) is 1.82. The first-order valence-electron chi connectivity index (χ1n) is 3.96. The Morgan fingerprint density at radius 1 is 1.31 bits per heavy atom. The minimum absolute atomic E-state index is 0.339. The van der Waals surface area contributed by atoms with Crippen molar-refractivity contribution in [2.45, 2.75) is 0 Å². The normalized spacial score (nSPS) is 9.85. The average molecular weight is 180 g/mol. The lowest BCUT2D eigenvalue weighted by atomic mass is 9.78. The number of hydrogen-bond acceptors (Lipinski definition) is 4. The molecule has 1 rings (SSSR count). The first-order chi connectivity index (χ1) is 6.04. The fraction of sp³-hybridized carbons (Fsp3) is 0.250. The number of anilines is 2. The van der Waals surface area contributed by atoms with Gasteiger partial charge in [-0.25, -0.2) is 0 Å². The third kappa shape index (κ3) is 1.94. The molecule has 0 bridgehead atoms. The lowest BCUT2D eigenvalue weighted by Gasteiger charge is -2.17. The molecule has 0 spiro atoms. The van der Waals surface area contributed by atoms with Crippen LogP contribution in [0, 0.1) is 0 Å². The highest BCUT2D eigenvalue weighted by molar-refractivity contribution is 6.60. The molecule has 70 valence electrons. The maximum atomic E-state index is 8.97. The predicted octanol–water partition coefficient (Wildman–Crippen LogP) is -0.985. The van der Waals surface area contributed by atoms with Gasteiger partial charge >= 0.3 is 7.12 Å². The molecule has 1 aromatic rings. The maximum Gasteiger partial charge on any atom is 0.490 e. The zero-order valence-electron chi connectivity index (χ0n) is 7.73. The van der Waals surface area contributed by atoms with Crippen molar-refractivity contribution in [1.29, 1.82) is 0 Å². The molecule has 1 aromatic carbocycles. The van der Waals surface area contributed by atoms with Gasteiger partial charge in [-0.05, 0) is 6.07 Å². The van der Waals surface area contributed by atoms with Crippen molar-refractivity contribution in [2.24, 2.45) is 0 Å². The SMILES string of the molecule is CN(C)c1cccc(B(O)O)c1N. The highest BCUT2D eigenvalue weighted by Gasteiger charge is 2.16. The van der Waals surface area contributed by atoms with Crippen molar-refractivity contribution in [3.05, 3.63) is 18.2 Å². The van der Waals surface area contributed by atoms with Crippen molar-refractivity contribution in [3.63, 3.8) is 0 Å². The average Bonchev–Trinajstić information content (AvgIpc) is 2.03. The van der Waals surface area contributed by atoms with E-state index >= 15 is 0 Å². The Hall–Kier alpha value is -1.20. The van der Waals surface area contributed by atoms with E-state index in [1.54, 1.807) is 12.1 Å². The summed E-state index contributed by atoms with van der Waals surface area (Å²) in [6.07, 6.45) is 0. The molecule has 4 nitrogen and oxygen atoms in total. The summed E-state index contributed by atoms with van der Waals surface area (Å²) in [6.45, 7) is 0. The maximum absolute atomic E-state index is 8.97. The summed E-state index contributed by atoms with van der Waals surface area (Å²) in [6, 6.07) is 5.15. The number of benzene rings is 1. The zero-order valence-corrected chi connectivity index (χ0v) is 7.73. The molecule has 4 N–H and O–H groups in total. The molecular weight excluding hydrogens is 167 g/mol. The second kappa shape index (κ2) is 3.68. The number of rotatable bonds is 2. The van der Waals surface area contributed by atoms with Crippen molar-refractivity contribution in [1.82, 2.24) is 0 Å². The van der Waals surface area contributed by atoms with Gasteiger partial charge in [0, 0.05) is 19.6 Å². The van der Waals surface area contributed by atoms with Crippen LogP contribution in [0.5, 0.6) is 0 Å². The molecule has 0 aliphatic carbocycles. The zero-order chi connectivity index (χ0) is 10.0. The summed E-state index contributed by atoms with van der Waals surface area (Å²) < 4.78 is 0. The van der Waals surface area contributed by atoms with E-state index in [0.717, 1.165) is 5.69 Å². The van der Waals surface area contributed by atoms with Gasteiger partial charge in [-0.2, -0.15) is 0 Å². The fourth-order valence-electron chi connectivity index (χ4n) is 1.19. The Morgan fingerprint density at radius 3 is 2.38 bits per heavy atom. The Labute approximate surface area is 77.7 Å². The van der Waals surface area contributed by atoms with E-state index in [2.05, 4.69) is 0 Å². The molecule has 0 aliphatic rings. The third-order valence-electron chi connectivity index (χ3n) is 1.88. The summed E-state index contributed by atoms with van der Waals surface area (Å²) in [5.41, 5.74) is 7.25. The predicted molar refractivity (Wildman–Crippen MR) is 55.0 cm³/mol. The van der Waals surface area contributed by atoms with E-state index in [-0.39, 0.29) is 0 Å². The van der Waals surface area contributed by atoms with E-state index in [1.807, 2.05) is 25.1 Å². The summed E-state index contributed by atoms with van der Waals surface area (Å²) in [5, 5.41) is 17.9. The fourth-order valence-corrected chi connectivity index (χ4v) is 1.19. The second-order valence-corrected chi connectivity index (χ2v) is 3.05. The van der Waals surface area contributed by atoms with E-state index in [4.69, 9.17) is 15.8 Å². The van der Waals surface area contributed by atoms with Crippen LogP contribution in [0.3, 0.4) is 0 Å². The number of nitrogens with zero attached hydrogens (tertiary/aromatic N) is 1. The molecule has 0 amide bonds. The van der Waals surface area contributed by atoms with Crippen LogP contribution in [0.4, 0.5) is 11.4 Å². The number of nitrogens with two attached hydrogens (primary N) is 1. The Kier molecular flexibility index (Phi) is 2.80. The molecule has 0 fully saturated rings. The van der Waals surface area contributed by atoms with E-state index in [1.165, 1.54) is 0 Å². The molecule has 5 heteroatoms. The van der Waals surface area contributed by atoms with Gasteiger partial charge in [0.15, 0.2) is 0 Å². The van der Waals surface area contributed by atoms with E-state index in [0.29, 0.717) is 11.2 Å². The molecule has 0 heterocycles. The van der Waals surface area contributed by atoms with Gasteiger partial charge in [-0.3, -0.25) is 0 Å². The van der Waals surface area contributed by atoms with Gasteiger partial charge in [-0.1, -0.05) is 12.1 Å². The standard InChI is InChI=1S/C8H13BN2O2/c1-11(2)7-5-3-4-6(8(7)10)9(12)13/h3-5,12-13H,10H2,1-2H3. The molecule has 0 unspecified atom stereocenters. The lowest BCUT2D eigenvalue weighted by molar-refractivity contribution is 0.426. The largest absolute Gasteiger partial charge is 0.490 e. The summed E-state index contributed by atoms with van der Waals surface area (Å²) in [7, 11) is 2.18. The molecule has 0 atom stereocenters. The van der Waals surface area contributed by atoms with Crippen LogP contribution in [-0.2, 0) is 0 Å². The Bertz CT molecular complexity index is 276. The summed E-state index contributed by atoms with van der Waals surface area (Å²) >= 11 is 0. The number of hydrogen-bond donors (Lipinski definition) is 3. The third-order valence-corrected chi connectivity index (χ3v) is 1.88. The highest BCUT2D eigenvalue weighted by Crippen LogP contribution is 2.17. The second-order valence-electron chi connectivity index (χ2n) is 3.05. The molecule has 0 aliphatic heterocycles. The quantitative estimate of drug-likeness (QED) is 0.404. The van der Waals surface area contributed by atoms with Crippen molar-refractivity contribution >= 4 is 24.0 Å². The van der Waals surface area contributed by atoms with Crippen LogP contribution in [0.2, 0.25) is 0 Å². The van der Waals surface area contributed by atoms with Crippen LogP contribution >= 0.6 is 0 Å². The van der Waals surface area contributed by atoms with Crippen LogP contribution in [0.15, 0.2) is 18.2 Å². The Balaban J connectivity index is 3.18. The minimum Gasteiger partial charge on any atom is -0.423 e. The number of para-hydroxylation sites is 1. The first kappa shape index (κ1) is 9.89. The monoisotopic (exact) mass is 180 g/mol. The molecule has 0 saturated heterocycles. The Morgan fingerprint density at radius 2 is 1.92 bits per heavy atom. The van der Waals surface area contributed by atoms with Gasteiger partial charge in [0.05, 0.1) is 11.4 Å². The van der Waals surface area contributed by atoms with Crippen LogP contribution in [0.25, 0.3) is 0 Å². The van der Waals surface area contributed by atoms with Gasteiger partial charge in [0.1, 0.15) is 0 Å². The van der Waals surface area contributed by atoms with Crippen molar-refractivity contribution < 1.29 is 10.0 Å². The molecule has 13 heavy (non-hydrogen) atoms. The van der Waals surface area contributed by atoms with Gasteiger partial charge < -0.3 is 20.7 Å². The van der Waals surface area contributed by atoms with E-state index < -0.39 is 7.12 Å². The highest BCUT2D eigenvalue weighted by atomic mass is 16.4. The smallest absolute Gasteiger partial charge is 0.423 e. The topological polar surface area (TPSA) is 69.7 Å². The molecule has 0 aromatic heterocycles. The van der Waals surface area contributed by atoms with Gasteiger partial charge in [-0.15, -0.1) is 0 Å². The van der Waals surface area contributed by atoms with E-state index in [9.17, 15) is 0 Å². The van der Waals surface area contributed by atoms with Gasteiger partial charge in [0.2, 0.25) is 0 Å². The van der Waals surface area contributed by atoms with Crippen LogP contribution in [0.1, 0.15) is 0 Å². The molecule has 0 saturated carbocycles. The first-order valence-corrected chi connectivity index (χ1v) is 3.96. The van der Waals surface area contributed by atoms with Gasteiger partial charge in [0.25, 0.3) is 0 Å². The van der Waals surface area contributed by atoms with Crippen LogP contribution < -0.4 is 16.1 Å². The number of nitrogen functional groups attached to an aromatic ring is 1. The molecule has 0 radical (unpaired) electrons. The minimum atomic E-state index is -1.51. The van der Waals surface area contributed by atoms with Crippen molar-refractivity contribution in [3.8, 4) is 0 Å². The summed E-state index contributed by atoms with van der Waals surface area (Å²) in [5.74, 6) is 0. The van der Waals surface area contributed by atoms with Crippen LogP contribution in [-0.4, -0.2) is 31.3 Å². The lowest BCUT2D eigenvalue weighted by Crippen LogP contribution is -2.33. The molecular formula is C8H13BN2O2.